The highest BCUT2D eigenvalue weighted by molar-refractivity contribution is 5.85. The molecule has 1 aliphatic rings. The fourth-order valence-electron chi connectivity index (χ4n) is 3.93. The van der Waals surface area contributed by atoms with Gasteiger partial charge in [-0.05, 0) is 66.2 Å². The second kappa shape index (κ2) is 11.3. The van der Waals surface area contributed by atoms with Gasteiger partial charge < -0.3 is 4.74 Å². The molecular weight excluding hydrogens is 397 g/mol. The predicted molar refractivity (Wildman–Crippen MR) is 123 cm³/mol. The first-order valence-electron chi connectivity index (χ1n) is 10.5. The van der Waals surface area contributed by atoms with Crippen molar-refractivity contribution >= 4 is 12.4 Å². The summed E-state index contributed by atoms with van der Waals surface area (Å²) in [5.74, 6) is 0.419. The Labute approximate surface area is 185 Å². The number of nitrogens with zero attached hydrogens (tertiary/aromatic N) is 1. The van der Waals surface area contributed by atoms with Gasteiger partial charge in [-0.15, -0.1) is 12.4 Å². The molecule has 3 aromatic rings. The van der Waals surface area contributed by atoms with E-state index in [0.717, 1.165) is 31.8 Å². The van der Waals surface area contributed by atoms with Gasteiger partial charge in [-0.1, -0.05) is 66.7 Å². The van der Waals surface area contributed by atoms with Crippen LogP contribution in [0.25, 0.3) is 11.1 Å². The molecule has 0 bridgehead atoms. The van der Waals surface area contributed by atoms with E-state index in [0.29, 0.717) is 12.5 Å². The molecule has 1 heterocycles. The zero-order valence-electron chi connectivity index (χ0n) is 17.2. The summed E-state index contributed by atoms with van der Waals surface area (Å²) < 4.78 is 18.8. The fourth-order valence-corrected chi connectivity index (χ4v) is 3.93. The molecule has 1 fully saturated rings. The maximum absolute atomic E-state index is 12.9. The molecule has 1 saturated heterocycles. The minimum Gasteiger partial charge on any atom is -0.376 e. The maximum Gasteiger partial charge on any atom is 0.123 e. The summed E-state index contributed by atoms with van der Waals surface area (Å²) >= 11 is 0. The molecule has 0 unspecified atom stereocenters. The zero-order chi connectivity index (χ0) is 19.9. The van der Waals surface area contributed by atoms with Crippen LogP contribution in [0.5, 0.6) is 0 Å². The van der Waals surface area contributed by atoms with Crippen LogP contribution in [0.2, 0.25) is 0 Å². The molecule has 30 heavy (non-hydrogen) atoms. The summed E-state index contributed by atoms with van der Waals surface area (Å²) in [6.07, 6.45) is 2.34. The lowest BCUT2D eigenvalue weighted by Crippen LogP contribution is -2.34. The van der Waals surface area contributed by atoms with E-state index in [2.05, 4.69) is 59.5 Å². The van der Waals surface area contributed by atoms with Gasteiger partial charge in [-0.25, -0.2) is 4.39 Å². The summed E-state index contributed by atoms with van der Waals surface area (Å²) in [5.41, 5.74) is 4.94. The van der Waals surface area contributed by atoms with E-state index >= 15 is 0 Å². The lowest BCUT2D eigenvalue weighted by atomic mass is 9.97. The van der Waals surface area contributed by atoms with Crippen molar-refractivity contribution in [2.75, 3.05) is 19.7 Å². The third-order valence-corrected chi connectivity index (χ3v) is 5.71. The summed E-state index contributed by atoms with van der Waals surface area (Å²) in [5, 5.41) is 0. The van der Waals surface area contributed by atoms with E-state index in [1.54, 1.807) is 12.1 Å². The Morgan fingerprint density at radius 2 is 1.37 bits per heavy atom. The van der Waals surface area contributed by atoms with E-state index in [1.807, 2.05) is 0 Å². The summed E-state index contributed by atoms with van der Waals surface area (Å²) in [6, 6.07) is 26.0. The highest BCUT2D eigenvalue weighted by Crippen LogP contribution is 2.22. The van der Waals surface area contributed by atoms with Crippen molar-refractivity contribution in [3.05, 3.63) is 95.8 Å². The Morgan fingerprint density at radius 1 is 0.767 bits per heavy atom. The number of hydrogen-bond acceptors (Lipinski definition) is 2. The highest BCUT2D eigenvalue weighted by atomic mass is 35.5. The molecule has 0 atom stereocenters. The van der Waals surface area contributed by atoms with Crippen molar-refractivity contribution in [1.82, 2.24) is 4.90 Å². The minimum absolute atomic E-state index is 0. The molecule has 0 amide bonds. The van der Waals surface area contributed by atoms with Gasteiger partial charge in [0.2, 0.25) is 0 Å². The van der Waals surface area contributed by atoms with Crippen molar-refractivity contribution in [2.45, 2.75) is 26.0 Å². The van der Waals surface area contributed by atoms with Crippen LogP contribution >= 0.6 is 12.4 Å². The molecule has 0 N–H and O–H groups in total. The van der Waals surface area contributed by atoms with Gasteiger partial charge in [-0.3, -0.25) is 4.90 Å². The lowest BCUT2D eigenvalue weighted by Gasteiger charge is -2.31. The Kier molecular flexibility index (Phi) is 8.44. The van der Waals surface area contributed by atoms with Crippen molar-refractivity contribution in [3.63, 3.8) is 0 Å². The second-order valence-electron chi connectivity index (χ2n) is 7.92. The van der Waals surface area contributed by atoms with E-state index in [9.17, 15) is 4.39 Å². The molecule has 0 radical (unpaired) electrons. The molecule has 4 rings (SSSR count). The quantitative estimate of drug-likeness (QED) is 0.437. The van der Waals surface area contributed by atoms with Crippen LogP contribution in [0.3, 0.4) is 0 Å². The van der Waals surface area contributed by atoms with Gasteiger partial charge in [-0.2, -0.15) is 0 Å². The number of benzene rings is 3. The third kappa shape index (κ3) is 6.40. The average molecular weight is 426 g/mol. The van der Waals surface area contributed by atoms with Gasteiger partial charge >= 0.3 is 0 Å². The van der Waals surface area contributed by atoms with Crippen molar-refractivity contribution < 1.29 is 9.13 Å². The van der Waals surface area contributed by atoms with E-state index < -0.39 is 0 Å². The van der Waals surface area contributed by atoms with Crippen LogP contribution in [0.4, 0.5) is 4.39 Å². The number of piperidine rings is 1. The number of hydrogen-bond donors (Lipinski definition) is 0. The number of rotatable bonds is 7. The minimum atomic E-state index is -0.198. The summed E-state index contributed by atoms with van der Waals surface area (Å²) in [6.45, 7) is 4.60. The Bertz CT molecular complexity index is 875. The van der Waals surface area contributed by atoms with Crippen LogP contribution in [-0.4, -0.2) is 24.6 Å². The van der Waals surface area contributed by atoms with E-state index in [1.165, 1.54) is 41.7 Å². The van der Waals surface area contributed by atoms with Crippen LogP contribution in [0, 0.1) is 11.7 Å². The summed E-state index contributed by atoms with van der Waals surface area (Å²) in [7, 11) is 0. The molecule has 2 nitrogen and oxygen atoms in total. The standard InChI is InChI=1S/C26H28FNO.ClH/c27-26-12-8-22(9-13-26)19-29-20-23-14-16-28(17-15-23)18-21-6-10-25(11-7-21)24-4-2-1-3-5-24;/h1-13,23H,14-20H2;1H. The average Bonchev–Trinajstić information content (AvgIpc) is 2.77. The van der Waals surface area contributed by atoms with Crippen LogP contribution in [-0.2, 0) is 17.9 Å². The van der Waals surface area contributed by atoms with Gasteiger partial charge in [0, 0.05) is 13.2 Å². The largest absolute Gasteiger partial charge is 0.376 e. The first kappa shape index (κ1) is 22.5. The Morgan fingerprint density at radius 3 is 2.03 bits per heavy atom. The Hall–Kier alpha value is -2.20. The fraction of sp³-hybridized carbons (Fsp3) is 0.308. The normalized spacial score (nSPS) is 15.0. The Balaban J connectivity index is 0.00000256. The highest BCUT2D eigenvalue weighted by Gasteiger charge is 2.19. The maximum atomic E-state index is 12.9. The number of likely N-dealkylation sites (tertiary alicyclic amines) is 1. The van der Waals surface area contributed by atoms with Gasteiger partial charge in [0.05, 0.1) is 6.61 Å². The van der Waals surface area contributed by atoms with E-state index in [4.69, 9.17) is 4.74 Å². The molecule has 1 aliphatic heterocycles. The molecule has 3 aromatic carbocycles. The van der Waals surface area contributed by atoms with Gasteiger partial charge in [0.25, 0.3) is 0 Å². The zero-order valence-corrected chi connectivity index (χ0v) is 18.0. The molecule has 158 valence electrons. The third-order valence-electron chi connectivity index (χ3n) is 5.71. The predicted octanol–water partition coefficient (Wildman–Crippen LogP) is 6.34. The monoisotopic (exact) mass is 425 g/mol. The van der Waals surface area contributed by atoms with E-state index in [-0.39, 0.29) is 18.2 Å². The van der Waals surface area contributed by atoms with Crippen LogP contribution in [0.1, 0.15) is 24.0 Å². The second-order valence-corrected chi connectivity index (χ2v) is 7.92. The van der Waals surface area contributed by atoms with Crippen LogP contribution in [0.15, 0.2) is 78.9 Å². The molecule has 0 spiro atoms. The number of ether oxygens (including phenoxy) is 1. The molecule has 0 aliphatic carbocycles. The first-order valence-corrected chi connectivity index (χ1v) is 10.5. The van der Waals surface area contributed by atoms with Crippen molar-refractivity contribution in [2.24, 2.45) is 5.92 Å². The first-order chi connectivity index (χ1) is 14.3. The SMILES string of the molecule is Cl.Fc1ccc(COCC2CCN(Cc3ccc(-c4ccccc4)cc3)CC2)cc1. The van der Waals surface area contributed by atoms with Gasteiger partial charge in [0.1, 0.15) is 5.82 Å². The topological polar surface area (TPSA) is 12.5 Å². The molecule has 0 saturated carbocycles. The van der Waals surface area contributed by atoms with Gasteiger partial charge in [0.15, 0.2) is 0 Å². The molecule has 4 heteroatoms. The summed E-state index contributed by atoms with van der Waals surface area (Å²) in [4.78, 5) is 2.54. The van der Waals surface area contributed by atoms with Crippen molar-refractivity contribution in [1.29, 1.82) is 0 Å². The number of halogens is 2. The molecular formula is C26H29ClFNO. The van der Waals surface area contributed by atoms with Crippen LogP contribution < -0.4 is 0 Å². The van der Waals surface area contributed by atoms with Crippen molar-refractivity contribution in [3.8, 4) is 11.1 Å². The smallest absolute Gasteiger partial charge is 0.123 e. The molecule has 0 aromatic heterocycles. The lowest BCUT2D eigenvalue weighted by molar-refractivity contribution is 0.0562.